The fourth-order valence-corrected chi connectivity index (χ4v) is 9.98. The Hall–Kier alpha value is -6.76. The van der Waals surface area contributed by atoms with Gasteiger partial charge >= 0.3 is 0 Å². The first-order chi connectivity index (χ1) is 28.5. The number of benzene rings is 9. The second-order valence-corrected chi connectivity index (χ2v) is 16.0. The zero-order chi connectivity index (χ0) is 39.3. The normalized spacial score (nSPS) is 14.2. The Morgan fingerprint density at radius 2 is 0.966 bits per heavy atom. The molecule has 1 aliphatic rings. The lowest BCUT2D eigenvalue weighted by Gasteiger charge is -2.22. The topological polar surface area (TPSA) is 0 Å². The van der Waals surface area contributed by atoms with E-state index in [1.54, 1.807) is 0 Å². The van der Waals surface area contributed by atoms with Crippen molar-refractivity contribution in [2.45, 2.75) is 34.1 Å². The first-order valence-electron chi connectivity index (χ1n) is 20.7. The highest BCUT2D eigenvalue weighted by Gasteiger charge is 2.22. The van der Waals surface area contributed by atoms with Crippen LogP contribution < -0.4 is 0 Å². The van der Waals surface area contributed by atoms with Crippen molar-refractivity contribution in [3.8, 4) is 33.4 Å². The molecular weight excluding hydrogens is 697 g/mol. The second kappa shape index (κ2) is 14.6. The van der Waals surface area contributed by atoms with Gasteiger partial charge in [0.15, 0.2) is 0 Å². The Balaban J connectivity index is 1.20. The molecule has 1 aliphatic carbocycles. The summed E-state index contributed by atoms with van der Waals surface area (Å²) in [4.78, 5) is 0. The molecule has 0 bridgehead atoms. The lowest BCUT2D eigenvalue weighted by Crippen LogP contribution is -2.02. The minimum absolute atomic E-state index is 0.302. The Kier molecular flexibility index (Phi) is 8.99. The standard InChI is InChI=1S/C58H46/c1-5-40-17-8-9-22-46(56(40)45-32-31-41-18-6-7-19-42(41)35-45)43-20-14-21-44(36-43)57-51-23-10-12-25-53(51)58(54-26-13-11-24-52(54)57)50-30-16-27-47-48(50)28-15-29-49(47)55-38(3)33-37(2)34-39(55)4/h6-36,40H,5H2,1-4H3. The van der Waals surface area contributed by atoms with Gasteiger partial charge in [-0.25, -0.2) is 0 Å². The van der Waals surface area contributed by atoms with Crippen molar-refractivity contribution >= 4 is 54.2 Å². The van der Waals surface area contributed by atoms with Crippen LogP contribution in [0.1, 0.15) is 41.2 Å². The fraction of sp³-hybridized carbons (Fsp3) is 0.103. The fourth-order valence-electron chi connectivity index (χ4n) is 9.98. The maximum absolute atomic E-state index is 2.43. The van der Waals surface area contributed by atoms with E-state index in [0.29, 0.717) is 5.92 Å². The Morgan fingerprint density at radius 1 is 0.414 bits per heavy atom. The minimum Gasteiger partial charge on any atom is -0.0770 e. The van der Waals surface area contributed by atoms with Crippen molar-refractivity contribution in [2.75, 3.05) is 0 Å². The minimum atomic E-state index is 0.302. The Bertz CT molecular complexity index is 3100. The smallest absolute Gasteiger partial charge is 0.00305 e. The maximum Gasteiger partial charge on any atom is 0.00305 e. The number of fused-ring (bicyclic) bond motifs is 4. The lowest BCUT2D eigenvalue weighted by molar-refractivity contribution is 0.796. The summed E-state index contributed by atoms with van der Waals surface area (Å²) in [6.07, 6.45) is 10.2. The Labute approximate surface area is 342 Å². The molecule has 0 heteroatoms. The summed E-state index contributed by atoms with van der Waals surface area (Å²) < 4.78 is 0. The predicted octanol–water partition coefficient (Wildman–Crippen LogP) is 16.3. The summed E-state index contributed by atoms with van der Waals surface area (Å²) >= 11 is 0. The molecule has 0 spiro atoms. The van der Waals surface area contributed by atoms with Gasteiger partial charge in [0, 0.05) is 5.92 Å². The van der Waals surface area contributed by atoms with Gasteiger partial charge in [-0.15, -0.1) is 0 Å². The van der Waals surface area contributed by atoms with Crippen LogP contribution in [0.2, 0.25) is 0 Å². The molecular formula is C58H46. The highest BCUT2D eigenvalue weighted by Crippen LogP contribution is 2.47. The van der Waals surface area contributed by atoms with Gasteiger partial charge in [0.1, 0.15) is 0 Å². The van der Waals surface area contributed by atoms with Gasteiger partial charge in [-0.1, -0.05) is 188 Å². The van der Waals surface area contributed by atoms with E-state index in [9.17, 15) is 0 Å². The molecule has 0 amide bonds. The van der Waals surface area contributed by atoms with E-state index in [4.69, 9.17) is 0 Å². The largest absolute Gasteiger partial charge is 0.0770 e. The average molecular weight is 743 g/mol. The van der Waals surface area contributed by atoms with Crippen LogP contribution in [-0.4, -0.2) is 0 Å². The summed E-state index contributed by atoms with van der Waals surface area (Å²) in [5.41, 5.74) is 16.8. The van der Waals surface area contributed by atoms with Crippen molar-refractivity contribution in [1.29, 1.82) is 0 Å². The third-order valence-electron chi connectivity index (χ3n) is 12.4. The first kappa shape index (κ1) is 35.6. The van der Waals surface area contributed by atoms with E-state index in [-0.39, 0.29) is 0 Å². The van der Waals surface area contributed by atoms with Crippen molar-refractivity contribution in [2.24, 2.45) is 5.92 Å². The molecule has 0 nitrogen and oxygen atoms in total. The van der Waals surface area contributed by atoms with Crippen LogP contribution in [0.15, 0.2) is 188 Å². The molecule has 0 saturated carbocycles. The summed E-state index contributed by atoms with van der Waals surface area (Å²) in [6, 6.07) is 61.4. The molecule has 9 aromatic carbocycles. The molecule has 0 radical (unpaired) electrons. The summed E-state index contributed by atoms with van der Waals surface area (Å²) in [7, 11) is 0. The van der Waals surface area contributed by atoms with Gasteiger partial charge in [-0.05, 0) is 149 Å². The lowest BCUT2D eigenvalue weighted by atomic mass is 9.82. The molecule has 278 valence electrons. The van der Waals surface area contributed by atoms with E-state index in [1.807, 2.05) is 0 Å². The van der Waals surface area contributed by atoms with Gasteiger partial charge in [-0.3, -0.25) is 0 Å². The van der Waals surface area contributed by atoms with E-state index >= 15 is 0 Å². The van der Waals surface area contributed by atoms with Crippen LogP contribution in [0.4, 0.5) is 0 Å². The van der Waals surface area contributed by atoms with Crippen molar-refractivity contribution in [1.82, 2.24) is 0 Å². The average Bonchev–Trinajstić information content (AvgIpc) is 3.48. The third kappa shape index (κ3) is 6.00. The maximum atomic E-state index is 2.43. The molecule has 1 atom stereocenters. The molecule has 0 N–H and O–H groups in total. The summed E-state index contributed by atoms with van der Waals surface area (Å²) in [5, 5.41) is 10.2. The van der Waals surface area contributed by atoms with Crippen LogP contribution >= 0.6 is 0 Å². The third-order valence-corrected chi connectivity index (χ3v) is 12.4. The van der Waals surface area contributed by atoms with Crippen LogP contribution in [0.3, 0.4) is 0 Å². The van der Waals surface area contributed by atoms with Gasteiger partial charge < -0.3 is 0 Å². The second-order valence-electron chi connectivity index (χ2n) is 16.0. The molecule has 0 aliphatic heterocycles. The summed E-state index contributed by atoms with van der Waals surface area (Å²) in [5.74, 6) is 0.302. The number of hydrogen-bond donors (Lipinski definition) is 0. The first-order valence-corrected chi connectivity index (χ1v) is 20.7. The molecule has 9 aromatic rings. The molecule has 0 aromatic heterocycles. The van der Waals surface area contributed by atoms with E-state index in [0.717, 1.165) is 6.42 Å². The monoisotopic (exact) mass is 742 g/mol. The molecule has 1 unspecified atom stereocenters. The van der Waals surface area contributed by atoms with Gasteiger partial charge in [0.25, 0.3) is 0 Å². The van der Waals surface area contributed by atoms with E-state index in [2.05, 4.69) is 216 Å². The van der Waals surface area contributed by atoms with Crippen LogP contribution in [-0.2, 0) is 0 Å². The van der Waals surface area contributed by atoms with Gasteiger partial charge in [0.2, 0.25) is 0 Å². The SMILES string of the molecule is CCC1C=CC=CC(c2cccc(-c3c4ccccc4c(-c4cccc5c(-c6c(C)cc(C)cc6C)cccc45)c4ccccc34)c2)=C1c1ccc2ccccc2c1. The molecule has 10 rings (SSSR count). The zero-order valence-electron chi connectivity index (χ0n) is 33.7. The van der Waals surface area contributed by atoms with Crippen molar-refractivity contribution < 1.29 is 0 Å². The number of allylic oxidation sites excluding steroid dienone is 6. The molecule has 58 heavy (non-hydrogen) atoms. The van der Waals surface area contributed by atoms with Crippen molar-refractivity contribution in [3.63, 3.8) is 0 Å². The number of hydrogen-bond acceptors (Lipinski definition) is 0. The van der Waals surface area contributed by atoms with Crippen LogP contribution in [0.25, 0.3) is 87.6 Å². The predicted molar refractivity (Wildman–Crippen MR) is 252 cm³/mol. The van der Waals surface area contributed by atoms with Crippen LogP contribution in [0, 0.1) is 26.7 Å². The van der Waals surface area contributed by atoms with E-state index < -0.39 is 0 Å². The molecule has 0 heterocycles. The van der Waals surface area contributed by atoms with E-state index in [1.165, 1.54) is 115 Å². The molecule has 0 saturated heterocycles. The van der Waals surface area contributed by atoms with Gasteiger partial charge in [-0.2, -0.15) is 0 Å². The van der Waals surface area contributed by atoms with Gasteiger partial charge in [0.05, 0.1) is 0 Å². The zero-order valence-corrected chi connectivity index (χ0v) is 33.7. The summed E-state index contributed by atoms with van der Waals surface area (Å²) in [6.45, 7) is 8.99. The number of rotatable bonds is 6. The van der Waals surface area contributed by atoms with Crippen LogP contribution in [0.5, 0.6) is 0 Å². The molecule has 0 fully saturated rings. The Morgan fingerprint density at radius 3 is 1.62 bits per heavy atom. The highest BCUT2D eigenvalue weighted by molar-refractivity contribution is 6.24. The number of aryl methyl sites for hydroxylation is 3. The van der Waals surface area contributed by atoms with Crippen molar-refractivity contribution in [3.05, 3.63) is 216 Å². The highest BCUT2D eigenvalue weighted by atomic mass is 14.3. The quantitative estimate of drug-likeness (QED) is 0.149.